The van der Waals surface area contributed by atoms with Crippen molar-refractivity contribution in [1.82, 2.24) is 15.1 Å². The number of nitrogens with zero attached hydrogens (tertiary/aromatic N) is 4. The number of hydrogen-bond acceptors (Lipinski definition) is 8. The van der Waals surface area contributed by atoms with Crippen LogP contribution in [0.4, 0.5) is 0 Å². The van der Waals surface area contributed by atoms with E-state index in [1.807, 2.05) is 0 Å². The quantitative estimate of drug-likeness (QED) is 0.504. The predicted octanol–water partition coefficient (Wildman–Crippen LogP) is -0.181. The zero-order chi connectivity index (χ0) is 16.9. The largest absolute Gasteiger partial charge is 0.481 e. The van der Waals surface area contributed by atoms with Gasteiger partial charge in [-0.15, -0.1) is 0 Å². The van der Waals surface area contributed by atoms with Crippen LogP contribution in [-0.2, 0) is 20.8 Å². The molecular formula is C13H17N4O5S+. The first-order chi connectivity index (χ1) is 11.0. The van der Waals surface area contributed by atoms with Crippen molar-refractivity contribution in [2.45, 2.75) is 6.54 Å². The monoisotopic (exact) mass is 341 g/mol. The predicted molar refractivity (Wildman–Crippen MR) is 79.4 cm³/mol. The minimum Gasteiger partial charge on any atom is -0.481 e. The van der Waals surface area contributed by atoms with E-state index < -0.39 is 10.1 Å². The van der Waals surface area contributed by atoms with Gasteiger partial charge in [-0.3, -0.25) is 4.18 Å². The highest BCUT2D eigenvalue weighted by atomic mass is 32.2. The second-order valence-electron chi connectivity index (χ2n) is 4.38. The fourth-order valence-corrected chi connectivity index (χ4v) is 2.26. The van der Waals surface area contributed by atoms with Crippen LogP contribution in [0.15, 0.2) is 24.5 Å². The zero-order valence-electron chi connectivity index (χ0n) is 13.0. The molecule has 0 atom stereocenters. The fraction of sp³-hybridized carbons (Fsp3) is 0.385. The fourth-order valence-electron chi connectivity index (χ4n) is 1.68. The Hall–Kier alpha value is -2.33. The zero-order valence-corrected chi connectivity index (χ0v) is 13.8. The lowest BCUT2D eigenvalue weighted by Crippen LogP contribution is -2.40. The Balaban J connectivity index is 2.19. The third-order valence-corrected chi connectivity index (χ3v) is 4.14. The molecule has 0 spiro atoms. The molecule has 0 fully saturated rings. The van der Waals surface area contributed by atoms with Gasteiger partial charge in [0.1, 0.15) is 11.9 Å². The summed E-state index contributed by atoms with van der Waals surface area (Å²) in [6, 6.07) is 3.29. The Morgan fingerprint density at radius 1 is 1.13 bits per heavy atom. The first-order valence-electron chi connectivity index (χ1n) is 6.59. The summed E-state index contributed by atoms with van der Waals surface area (Å²) in [5.74, 6) is 0.971. The number of hydrogen-bond donors (Lipinski definition) is 0. The van der Waals surface area contributed by atoms with Crippen LogP contribution < -0.4 is 14.2 Å². The van der Waals surface area contributed by atoms with Crippen LogP contribution in [0.2, 0.25) is 0 Å². The molecule has 10 heteroatoms. The second kappa shape index (κ2) is 7.29. The van der Waals surface area contributed by atoms with E-state index in [0.717, 1.165) is 7.11 Å². The average Bonchev–Trinajstić information content (AvgIpc) is 2.60. The van der Waals surface area contributed by atoms with Crippen LogP contribution in [0.5, 0.6) is 11.8 Å². The number of aryl methyl sites for hydroxylation is 1. The normalized spacial score (nSPS) is 11.3. The van der Waals surface area contributed by atoms with Gasteiger partial charge in [-0.1, -0.05) is 4.68 Å². The summed E-state index contributed by atoms with van der Waals surface area (Å²) in [6.45, 7) is 0.179. The molecule has 2 aromatic heterocycles. The van der Waals surface area contributed by atoms with Crippen LogP contribution in [0.3, 0.4) is 0 Å². The van der Waals surface area contributed by atoms with Crippen LogP contribution in [0, 0.1) is 0 Å². The number of rotatable bonds is 7. The lowest BCUT2D eigenvalue weighted by molar-refractivity contribution is -0.750. The van der Waals surface area contributed by atoms with Gasteiger partial charge in [-0.05, 0) is 5.10 Å². The summed E-state index contributed by atoms with van der Waals surface area (Å²) in [6.07, 6.45) is 3.17. The molecule has 2 heterocycles. The van der Waals surface area contributed by atoms with E-state index in [-0.39, 0.29) is 12.3 Å². The van der Waals surface area contributed by atoms with Crippen molar-refractivity contribution in [2.24, 2.45) is 0 Å². The Kier molecular flexibility index (Phi) is 5.40. The molecule has 2 aromatic rings. The second-order valence-corrected chi connectivity index (χ2v) is 6.24. The summed E-state index contributed by atoms with van der Waals surface area (Å²) in [5, 5.41) is 4.14. The van der Waals surface area contributed by atoms with Gasteiger partial charge in [0.25, 0.3) is 10.1 Å². The van der Waals surface area contributed by atoms with E-state index >= 15 is 0 Å². The van der Waals surface area contributed by atoms with Crippen LogP contribution in [-0.4, -0.2) is 50.6 Å². The topological polar surface area (TPSA) is 104 Å². The van der Waals surface area contributed by atoms with Gasteiger partial charge in [0.2, 0.25) is 11.8 Å². The van der Waals surface area contributed by atoms with Gasteiger partial charge in [0.15, 0.2) is 18.6 Å². The van der Waals surface area contributed by atoms with E-state index in [1.54, 1.807) is 18.3 Å². The lowest BCUT2D eigenvalue weighted by Gasteiger charge is -2.05. The maximum atomic E-state index is 11.3. The molecule has 0 unspecified atom stereocenters. The van der Waals surface area contributed by atoms with E-state index in [9.17, 15) is 8.42 Å². The summed E-state index contributed by atoms with van der Waals surface area (Å²) < 4.78 is 38.6. The van der Waals surface area contributed by atoms with Crippen molar-refractivity contribution >= 4 is 10.1 Å². The molecule has 0 aromatic carbocycles. The molecule has 2 rings (SSSR count). The molecule has 124 valence electrons. The SMILES string of the molecule is COc1cc(OC)nc(-c2cc[n+](CCS(=O)(=O)OC)nc2)n1. The van der Waals surface area contributed by atoms with Crippen molar-refractivity contribution in [1.29, 1.82) is 0 Å². The minimum atomic E-state index is -3.52. The van der Waals surface area contributed by atoms with Crippen molar-refractivity contribution < 1.29 is 26.8 Å². The van der Waals surface area contributed by atoms with E-state index in [0.29, 0.717) is 23.1 Å². The van der Waals surface area contributed by atoms with Crippen molar-refractivity contribution in [3.63, 3.8) is 0 Å². The van der Waals surface area contributed by atoms with E-state index in [1.165, 1.54) is 25.1 Å². The molecule has 0 N–H and O–H groups in total. The van der Waals surface area contributed by atoms with Crippen molar-refractivity contribution in [3.8, 4) is 23.1 Å². The Morgan fingerprint density at radius 2 is 1.78 bits per heavy atom. The standard InChI is InChI=1S/C13H17N4O5S/c1-20-11-8-12(21-2)16-13(15-11)10-4-5-17(14-9-10)6-7-23(18,19)22-3/h4-5,8-9H,6-7H2,1-3H3/q+1. The summed E-state index contributed by atoms with van der Waals surface area (Å²) in [4.78, 5) is 8.44. The number of aromatic nitrogens is 4. The Morgan fingerprint density at radius 3 is 2.26 bits per heavy atom. The summed E-state index contributed by atoms with van der Waals surface area (Å²) >= 11 is 0. The molecule has 23 heavy (non-hydrogen) atoms. The van der Waals surface area contributed by atoms with Gasteiger partial charge < -0.3 is 9.47 Å². The molecular weight excluding hydrogens is 324 g/mol. The van der Waals surface area contributed by atoms with Gasteiger partial charge in [0, 0.05) is 11.6 Å². The molecule has 0 aliphatic rings. The highest BCUT2D eigenvalue weighted by Crippen LogP contribution is 2.21. The highest BCUT2D eigenvalue weighted by Gasteiger charge is 2.15. The molecule has 0 radical (unpaired) electrons. The van der Waals surface area contributed by atoms with Gasteiger partial charge in [-0.25, -0.2) is 0 Å². The smallest absolute Gasteiger partial charge is 0.273 e. The Labute approximate surface area is 134 Å². The highest BCUT2D eigenvalue weighted by molar-refractivity contribution is 7.86. The first-order valence-corrected chi connectivity index (χ1v) is 8.16. The van der Waals surface area contributed by atoms with Crippen LogP contribution in [0.1, 0.15) is 0 Å². The molecule has 0 aliphatic heterocycles. The number of methoxy groups -OCH3 is 2. The van der Waals surface area contributed by atoms with Gasteiger partial charge in [0.05, 0.1) is 27.4 Å². The lowest BCUT2D eigenvalue weighted by atomic mass is 10.3. The van der Waals surface area contributed by atoms with E-state index in [4.69, 9.17) is 9.47 Å². The number of ether oxygens (including phenoxy) is 2. The summed E-state index contributed by atoms with van der Waals surface area (Å²) in [5.41, 5.74) is 0.646. The van der Waals surface area contributed by atoms with Crippen LogP contribution in [0.25, 0.3) is 11.4 Å². The molecule has 0 saturated carbocycles. The Bertz CT molecular complexity index is 742. The molecule has 0 saturated heterocycles. The average molecular weight is 341 g/mol. The van der Waals surface area contributed by atoms with Crippen molar-refractivity contribution in [3.05, 3.63) is 24.5 Å². The van der Waals surface area contributed by atoms with Crippen molar-refractivity contribution in [2.75, 3.05) is 27.1 Å². The maximum absolute atomic E-state index is 11.3. The third-order valence-electron chi connectivity index (χ3n) is 2.95. The summed E-state index contributed by atoms with van der Waals surface area (Å²) in [7, 11) is 0.610. The first kappa shape index (κ1) is 17.0. The molecule has 0 aliphatic carbocycles. The minimum absolute atomic E-state index is 0.163. The molecule has 0 amide bonds. The molecule has 9 nitrogen and oxygen atoms in total. The van der Waals surface area contributed by atoms with Crippen LogP contribution >= 0.6 is 0 Å². The van der Waals surface area contributed by atoms with E-state index in [2.05, 4.69) is 19.2 Å². The molecule has 0 bridgehead atoms. The third kappa shape index (κ3) is 4.57. The van der Waals surface area contributed by atoms with Gasteiger partial charge >= 0.3 is 0 Å². The van der Waals surface area contributed by atoms with Gasteiger partial charge in [-0.2, -0.15) is 18.4 Å². The maximum Gasteiger partial charge on any atom is 0.273 e.